The van der Waals surface area contributed by atoms with E-state index in [2.05, 4.69) is 10.8 Å². The third-order valence-corrected chi connectivity index (χ3v) is 7.36. The van der Waals surface area contributed by atoms with E-state index in [1.54, 1.807) is 24.3 Å². The summed E-state index contributed by atoms with van der Waals surface area (Å²) in [6.07, 6.45) is 10.6. The molecule has 2 aliphatic rings. The standard InChI is InChI=1S/C20H27NO4S.2H2O/c22-19(23)11-7-2-1-4-8-17-14-16-12-13-20(17,15-16)21-26(24,25)18-9-5-3-6-10-18;;/h1,3-6,9-10,16-17,21H,2,7-8,11-15H2,(H,22,23);2*1H2/t16-,17+,20+;;/m0../s1. The van der Waals surface area contributed by atoms with Crippen LogP contribution in [0.5, 0.6) is 0 Å². The van der Waals surface area contributed by atoms with Gasteiger partial charge in [-0.2, -0.15) is 0 Å². The molecule has 28 heavy (non-hydrogen) atoms. The third-order valence-electron chi connectivity index (χ3n) is 5.79. The number of nitrogens with one attached hydrogen (secondary N) is 1. The predicted molar refractivity (Wildman–Crippen MR) is 107 cm³/mol. The van der Waals surface area contributed by atoms with Crippen LogP contribution in [0.2, 0.25) is 0 Å². The van der Waals surface area contributed by atoms with Gasteiger partial charge in [-0.15, -0.1) is 0 Å². The zero-order chi connectivity index (χ0) is 18.6. The molecular formula is C20H31NO6S. The summed E-state index contributed by atoms with van der Waals surface area (Å²) in [4.78, 5) is 10.9. The predicted octanol–water partition coefficient (Wildman–Crippen LogP) is 2.08. The summed E-state index contributed by atoms with van der Waals surface area (Å²) in [6.45, 7) is 0. The molecule has 0 spiro atoms. The Bertz CT molecular complexity index is 764. The molecule has 3 rings (SSSR count). The normalized spacial score (nSPS) is 26.0. The van der Waals surface area contributed by atoms with E-state index in [-0.39, 0.29) is 22.9 Å². The molecule has 0 aromatic heterocycles. The van der Waals surface area contributed by atoms with Gasteiger partial charge in [-0.1, -0.05) is 30.4 Å². The van der Waals surface area contributed by atoms with Gasteiger partial charge in [0, 0.05) is 12.0 Å². The van der Waals surface area contributed by atoms with Crippen LogP contribution in [0, 0.1) is 11.8 Å². The number of hydrogen-bond donors (Lipinski definition) is 2. The number of sulfonamides is 1. The third kappa shape index (κ3) is 5.64. The van der Waals surface area contributed by atoms with Gasteiger partial charge in [0.05, 0.1) is 4.90 Å². The monoisotopic (exact) mass is 413 g/mol. The second-order valence-electron chi connectivity index (χ2n) is 7.61. The lowest BCUT2D eigenvalue weighted by molar-refractivity contribution is -0.137. The Morgan fingerprint density at radius 2 is 1.93 bits per heavy atom. The number of carboxylic acid groups (broad SMARTS) is 1. The Morgan fingerprint density at radius 1 is 1.21 bits per heavy atom. The van der Waals surface area contributed by atoms with Gasteiger partial charge in [0.1, 0.15) is 0 Å². The van der Waals surface area contributed by atoms with E-state index in [4.69, 9.17) is 5.11 Å². The van der Waals surface area contributed by atoms with Gasteiger partial charge < -0.3 is 16.1 Å². The van der Waals surface area contributed by atoms with E-state index in [1.165, 1.54) is 0 Å². The Hall–Kier alpha value is -1.74. The lowest BCUT2D eigenvalue weighted by atomic mass is 9.81. The first kappa shape index (κ1) is 24.3. The van der Waals surface area contributed by atoms with Crippen LogP contribution in [0.25, 0.3) is 0 Å². The van der Waals surface area contributed by atoms with Crippen LogP contribution in [0.4, 0.5) is 0 Å². The number of carbonyl (C=O) groups is 1. The Kier molecular flexibility index (Phi) is 8.81. The maximum atomic E-state index is 12.8. The highest BCUT2D eigenvalue weighted by Gasteiger charge is 2.53. The highest BCUT2D eigenvalue weighted by molar-refractivity contribution is 7.89. The van der Waals surface area contributed by atoms with Crippen molar-refractivity contribution in [2.45, 2.75) is 61.8 Å². The minimum atomic E-state index is -3.51. The van der Waals surface area contributed by atoms with Crippen molar-refractivity contribution in [1.82, 2.24) is 4.72 Å². The topological polar surface area (TPSA) is 146 Å². The largest absolute Gasteiger partial charge is 0.481 e. The molecule has 0 unspecified atom stereocenters. The van der Waals surface area contributed by atoms with Crippen molar-refractivity contribution in [2.75, 3.05) is 0 Å². The molecule has 1 aromatic carbocycles. The number of benzene rings is 1. The fourth-order valence-electron chi connectivity index (χ4n) is 4.55. The van der Waals surface area contributed by atoms with Crippen LogP contribution in [-0.4, -0.2) is 36.0 Å². The van der Waals surface area contributed by atoms with Gasteiger partial charge in [0.15, 0.2) is 0 Å². The molecule has 0 radical (unpaired) electrons. The van der Waals surface area contributed by atoms with Crippen molar-refractivity contribution in [3.8, 4) is 0 Å². The van der Waals surface area contributed by atoms with Gasteiger partial charge in [-0.25, -0.2) is 13.1 Å². The van der Waals surface area contributed by atoms with Crippen LogP contribution in [-0.2, 0) is 14.8 Å². The van der Waals surface area contributed by atoms with E-state index < -0.39 is 16.0 Å². The van der Waals surface area contributed by atoms with Crippen molar-refractivity contribution in [3.05, 3.63) is 42.5 Å². The second-order valence-corrected chi connectivity index (χ2v) is 9.29. The van der Waals surface area contributed by atoms with Crippen LogP contribution in [0.15, 0.2) is 47.4 Å². The quantitative estimate of drug-likeness (QED) is 0.471. The molecule has 0 aliphatic heterocycles. The van der Waals surface area contributed by atoms with Crippen molar-refractivity contribution < 1.29 is 29.3 Å². The first-order valence-corrected chi connectivity index (χ1v) is 10.9. The average Bonchev–Trinajstić information content (AvgIpc) is 3.15. The summed E-state index contributed by atoms with van der Waals surface area (Å²) in [5, 5.41) is 8.66. The molecule has 0 heterocycles. The molecule has 6 N–H and O–H groups in total. The van der Waals surface area contributed by atoms with Crippen molar-refractivity contribution in [2.24, 2.45) is 11.8 Å². The fourth-order valence-corrected chi connectivity index (χ4v) is 6.07. The Balaban J connectivity index is 0.00000196. The second kappa shape index (κ2) is 10.2. The lowest BCUT2D eigenvalue weighted by Gasteiger charge is -2.35. The van der Waals surface area contributed by atoms with Crippen LogP contribution in [0.1, 0.15) is 51.4 Å². The van der Waals surface area contributed by atoms with E-state index in [0.29, 0.717) is 23.2 Å². The number of hydrogen-bond acceptors (Lipinski definition) is 3. The summed E-state index contributed by atoms with van der Waals surface area (Å²) in [6, 6.07) is 8.58. The highest BCUT2D eigenvalue weighted by atomic mass is 32.2. The molecule has 2 saturated carbocycles. The molecule has 3 atom stereocenters. The Morgan fingerprint density at radius 3 is 2.57 bits per heavy atom. The summed E-state index contributed by atoms with van der Waals surface area (Å²) >= 11 is 0. The average molecular weight is 414 g/mol. The lowest BCUT2D eigenvalue weighted by Crippen LogP contribution is -2.50. The smallest absolute Gasteiger partial charge is 0.303 e. The number of unbranched alkanes of at least 4 members (excludes halogenated alkanes) is 1. The first-order chi connectivity index (χ1) is 12.4. The summed E-state index contributed by atoms with van der Waals surface area (Å²) in [7, 11) is -3.51. The van der Waals surface area contributed by atoms with Gasteiger partial charge >= 0.3 is 5.97 Å². The summed E-state index contributed by atoms with van der Waals surface area (Å²) in [5.41, 5.74) is -0.329. The molecule has 8 heteroatoms. The zero-order valence-electron chi connectivity index (χ0n) is 15.9. The molecule has 158 valence electrons. The van der Waals surface area contributed by atoms with Crippen LogP contribution >= 0.6 is 0 Å². The SMILES string of the molecule is O.O.O=C(O)CCCC=CC[C@@H]1C[C@@H]2CC[C@@]1(NS(=O)(=O)c1ccccc1)C2. The van der Waals surface area contributed by atoms with E-state index in [0.717, 1.165) is 38.5 Å². The maximum absolute atomic E-state index is 12.8. The molecular weight excluding hydrogens is 382 g/mol. The van der Waals surface area contributed by atoms with Crippen molar-refractivity contribution in [1.29, 1.82) is 0 Å². The highest BCUT2D eigenvalue weighted by Crippen LogP contribution is 2.53. The van der Waals surface area contributed by atoms with Crippen LogP contribution in [0.3, 0.4) is 0 Å². The van der Waals surface area contributed by atoms with Gasteiger partial charge in [-0.3, -0.25) is 4.79 Å². The molecule has 1 aromatic rings. The molecule has 0 saturated heterocycles. The van der Waals surface area contributed by atoms with E-state index >= 15 is 0 Å². The van der Waals surface area contributed by atoms with Crippen LogP contribution < -0.4 is 4.72 Å². The maximum Gasteiger partial charge on any atom is 0.303 e. The van der Waals surface area contributed by atoms with E-state index in [9.17, 15) is 13.2 Å². The number of carboxylic acids is 1. The fraction of sp³-hybridized carbons (Fsp3) is 0.550. The summed E-state index contributed by atoms with van der Waals surface area (Å²) < 4.78 is 28.7. The van der Waals surface area contributed by atoms with E-state index in [1.807, 2.05) is 12.1 Å². The van der Waals surface area contributed by atoms with Crippen molar-refractivity contribution in [3.63, 3.8) is 0 Å². The molecule has 2 aliphatic carbocycles. The Labute approximate surface area is 166 Å². The van der Waals surface area contributed by atoms with Gasteiger partial charge in [0.25, 0.3) is 0 Å². The number of rotatable bonds is 9. The van der Waals surface area contributed by atoms with Gasteiger partial charge in [-0.05, 0) is 68.9 Å². The molecule has 2 fully saturated rings. The van der Waals surface area contributed by atoms with Crippen molar-refractivity contribution >= 4 is 16.0 Å². The minimum Gasteiger partial charge on any atom is -0.481 e. The number of aliphatic carboxylic acids is 1. The van der Waals surface area contributed by atoms with Gasteiger partial charge in [0.2, 0.25) is 10.0 Å². The zero-order valence-corrected chi connectivity index (χ0v) is 16.7. The first-order valence-electron chi connectivity index (χ1n) is 9.37. The number of allylic oxidation sites excluding steroid dienone is 2. The molecule has 2 bridgehead atoms. The molecule has 7 nitrogen and oxygen atoms in total. The summed E-state index contributed by atoms with van der Waals surface area (Å²) in [5.74, 6) is 0.162. The number of fused-ring (bicyclic) bond motifs is 2. The molecule has 0 amide bonds. The minimum absolute atomic E-state index is 0.